The van der Waals surface area contributed by atoms with Crippen LogP contribution in [-0.2, 0) is 9.59 Å². The highest BCUT2D eigenvalue weighted by Crippen LogP contribution is 2.30. The summed E-state index contributed by atoms with van der Waals surface area (Å²) < 4.78 is 7.39. The van der Waals surface area contributed by atoms with Gasteiger partial charge in [0.1, 0.15) is 5.75 Å². The second kappa shape index (κ2) is 12.0. The third-order valence-corrected chi connectivity index (χ3v) is 8.43. The topological polar surface area (TPSA) is 80.6 Å². The zero-order valence-electron chi connectivity index (χ0n) is 22.1. The van der Waals surface area contributed by atoms with Crippen LogP contribution in [0.3, 0.4) is 0 Å². The molecule has 5 rings (SSSR count). The van der Waals surface area contributed by atoms with Gasteiger partial charge in [0.25, 0.3) is 0 Å². The first-order valence-electron chi connectivity index (χ1n) is 13.4. The highest BCUT2D eigenvalue weighted by atomic mass is 32.2. The lowest BCUT2D eigenvalue weighted by Crippen LogP contribution is -2.57. The molecule has 0 radical (unpaired) electrons. The molecule has 1 aromatic heterocycles. The van der Waals surface area contributed by atoms with Gasteiger partial charge in [-0.15, -0.1) is 10.2 Å². The lowest BCUT2D eigenvalue weighted by molar-refractivity contribution is -0.145. The molecule has 2 aromatic carbocycles. The molecule has 2 amide bonds. The highest BCUT2D eigenvalue weighted by molar-refractivity contribution is 7.99. The molecule has 38 heavy (non-hydrogen) atoms. The van der Waals surface area contributed by atoms with E-state index in [1.165, 1.54) is 18.2 Å². The van der Waals surface area contributed by atoms with Crippen LogP contribution in [0, 0.1) is 5.92 Å². The molecule has 3 aromatic rings. The van der Waals surface area contributed by atoms with Gasteiger partial charge in [-0.2, -0.15) is 0 Å². The quantitative estimate of drug-likeness (QED) is 0.411. The normalized spacial score (nSPS) is 18.4. The fourth-order valence-electron chi connectivity index (χ4n) is 5.44. The number of ether oxygens (including phenoxy) is 1. The average molecular weight is 534 g/mol. The third-order valence-electron chi connectivity index (χ3n) is 7.52. The second-order valence-electron chi connectivity index (χ2n) is 10.1. The number of nitrogens with zero attached hydrogens (tertiary/aromatic N) is 5. The van der Waals surface area contributed by atoms with Crippen molar-refractivity contribution in [2.45, 2.75) is 50.2 Å². The Hall–Kier alpha value is -3.33. The number of rotatable bonds is 7. The Bertz CT molecular complexity index is 1260. The molecule has 2 aliphatic rings. The van der Waals surface area contributed by atoms with Crippen molar-refractivity contribution >= 4 is 23.6 Å². The molecule has 2 heterocycles. The lowest BCUT2D eigenvalue weighted by atomic mass is 9.88. The predicted octanol–water partition coefficient (Wildman–Crippen LogP) is 4.67. The van der Waals surface area contributed by atoms with Crippen LogP contribution in [0.2, 0.25) is 0 Å². The van der Waals surface area contributed by atoms with Crippen LogP contribution in [0.5, 0.6) is 5.75 Å². The lowest BCUT2D eigenvalue weighted by Gasteiger charge is -2.41. The Balaban J connectivity index is 1.27. The van der Waals surface area contributed by atoms with Gasteiger partial charge in [-0.1, -0.05) is 61.4 Å². The molecule has 1 aliphatic heterocycles. The molecule has 8 nitrogen and oxygen atoms in total. The number of methoxy groups -OCH3 is 1. The molecule has 0 N–H and O–H groups in total. The molecule has 1 atom stereocenters. The van der Waals surface area contributed by atoms with Gasteiger partial charge in [0.15, 0.2) is 11.0 Å². The van der Waals surface area contributed by atoms with E-state index < -0.39 is 0 Å². The number of carbonyl (C=O) groups is 2. The van der Waals surface area contributed by atoms with E-state index in [0.717, 1.165) is 42.7 Å². The zero-order valence-corrected chi connectivity index (χ0v) is 22.9. The predicted molar refractivity (Wildman–Crippen MR) is 148 cm³/mol. The highest BCUT2D eigenvalue weighted by Gasteiger charge is 2.33. The van der Waals surface area contributed by atoms with Gasteiger partial charge in [-0.3, -0.25) is 14.2 Å². The summed E-state index contributed by atoms with van der Waals surface area (Å²) in [5.41, 5.74) is 1.81. The van der Waals surface area contributed by atoms with Crippen LogP contribution in [-0.4, -0.2) is 74.9 Å². The first-order chi connectivity index (χ1) is 18.5. The van der Waals surface area contributed by atoms with E-state index in [2.05, 4.69) is 17.1 Å². The van der Waals surface area contributed by atoms with Crippen molar-refractivity contribution in [1.82, 2.24) is 24.6 Å². The Kier molecular flexibility index (Phi) is 8.32. The maximum atomic E-state index is 13.2. The van der Waals surface area contributed by atoms with Gasteiger partial charge in [-0.25, -0.2) is 0 Å². The number of hydrogen-bond acceptors (Lipinski definition) is 6. The number of amides is 2. The van der Waals surface area contributed by atoms with E-state index in [9.17, 15) is 9.59 Å². The summed E-state index contributed by atoms with van der Waals surface area (Å²) in [6.07, 6.45) is 5.53. The van der Waals surface area contributed by atoms with Gasteiger partial charge in [-0.05, 0) is 44.0 Å². The smallest absolute Gasteiger partial charge is 0.233 e. The van der Waals surface area contributed by atoms with Crippen LogP contribution in [0.4, 0.5) is 0 Å². The number of hydrogen-bond donors (Lipinski definition) is 0. The molecule has 9 heteroatoms. The zero-order chi connectivity index (χ0) is 26.5. The summed E-state index contributed by atoms with van der Waals surface area (Å²) in [7, 11) is 1.64. The standard InChI is InChI=1S/C29H35N5O3S/c1-21-19-32(16-17-33(21)28(36)22-10-5-3-6-11-22)26(35)20-38-29-31-30-27(23-12-9-15-25(18-23)37-2)34(29)24-13-7-4-8-14-24/h4,7-9,12-15,18,21-22H,3,5-6,10-11,16-17,19-20H2,1-2H3. The summed E-state index contributed by atoms with van der Waals surface area (Å²) in [5.74, 6) is 2.18. The minimum absolute atomic E-state index is 0.0276. The van der Waals surface area contributed by atoms with Crippen LogP contribution in [0.25, 0.3) is 17.1 Å². The number of para-hydroxylation sites is 1. The maximum absolute atomic E-state index is 13.2. The Morgan fingerprint density at radius 1 is 1.00 bits per heavy atom. The van der Waals surface area contributed by atoms with Gasteiger partial charge in [0.05, 0.1) is 12.9 Å². The SMILES string of the molecule is COc1cccc(-c2nnc(SCC(=O)N3CCN(C(=O)C4CCCCC4)C(C)C3)n2-c2ccccc2)c1. The van der Waals surface area contributed by atoms with E-state index in [0.29, 0.717) is 30.6 Å². The molecule has 1 saturated carbocycles. The fourth-order valence-corrected chi connectivity index (χ4v) is 6.29. The van der Waals surface area contributed by atoms with Crippen molar-refractivity contribution in [2.75, 3.05) is 32.5 Å². The monoisotopic (exact) mass is 533 g/mol. The first kappa shape index (κ1) is 26.3. The maximum Gasteiger partial charge on any atom is 0.233 e. The molecule has 0 spiro atoms. The molecule has 200 valence electrons. The van der Waals surface area contributed by atoms with Crippen LogP contribution in [0.15, 0.2) is 59.8 Å². The molecular formula is C29H35N5O3S. The Labute approximate surface area is 228 Å². The number of thioether (sulfide) groups is 1. The van der Waals surface area contributed by atoms with Crippen molar-refractivity contribution in [3.05, 3.63) is 54.6 Å². The summed E-state index contributed by atoms with van der Waals surface area (Å²) in [6.45, 7) is 3.80. The molecular weight excluding hydrogens is 498 g/mol. The van der Waals surface area contributed by atoms with Crippen molar-refractivity contribution in [3.63, 3.8) is 0 Å². The Morgan fingerprint density at radius 3 is 2.53 bits per heavy atom. The second-order valence-corrected chi connectivity index (χ2v) is 11.0. The van der Waals surface area contributed by atoms with Gasteiger partial charge < -0.3 is 14.5 Å². The largest absolute Gasteiger partial charge is 0.497 e. The van der Waals surface area contributed by atoms with E-state index in [4.69, 9.17) is 4.74 Å². The van der Waals surface area contributed by atoms with Crippen molar-refractivity contribution in [3.8, 4) is 22.8 Å². The third kappa shape index (κ3) is 5.72. The minimum Gasteiger partial charge on any atom is -0.497 e. The average Bonchev–Trinajstić information content (AvgIpc) is 3.40. The van der Waals surface area contributed by atoms with E-state index >= 15 is 0 Å². The summed E-state index contributed by atoms with van der Waals surface area (Å²) in [4.78, 5) is 30.2. The number of piperazine rings is 1. The van der Waals surface area contributed by atoms with Crippen molar-refractivity contribution in [1.29, 1.82) is 0 Å². The van der Waals surface area contributed by atoms with Crippen LogP contribution < -0.4 is 4.74 Å². The minimum atomic E-state index is 0.0276. The van der Waals surface area contributed by atoms with E-state index in [-0.39, 0.29) is 29.5 Å². The fraction of sp³-hybridized carbons (Fsp3) is 0.448. The summed E-state index contributed by atoms with van der Waals surface area (Å²) in [5, 5.41) is 9.59. The molecule has 2 fully saturated rings. The van der Waals surface area contributed by atoms with E-state index in [1.54, 1.807) is 7.11 Å². The molecule has 0 bridgehead atoms. The van der Waals surface area contributed by atoms with Gasteiger partial charge in [0.2, 0.25) is 11.8 Å². The molecule has 1 saturated heterocycles. The summed E-state index contributed by atoms with van der Waals surface area (Å²) >= 11 is 1.39. The van der Waals surface area contributed by atoms with Gasteiger partial charge >= 0.3 is 0 Å². The summed E-state index contributed by atoms with van der Waals surface area (Å²) in [6, 6.07) is 17.7. The van der Waals surface area contributed by atoms with Crippen molar-refractivity contribution < 1.29 is 14.3 Å². The van der Waals surface area contributed by atoms with Crippen molar-refractivity contribution in [2.24, 2.45) is 5.92 Å². The molecule has 1 aliphatic carbocycles. The molecule has 1 unspecified atom stereocenters. The first-order valence-corrected chi connectivity index (χ1v) is 14.4. The van der Waals surface area contributed by atoms with E-state index in [1.807, 2.05) is 69.0 Å². The van der Waals surface area contributed by atoms with Gasteiger partial charge in [0, 0.05) is 42.8 Å². The number of benzene rings is 2. The number of aromatic nitrogens is 3. The number of carbonyl (C=O) groups excluding carboxylic acids is 2. The van der Waals surface area contributed by atoms with Crippen LogP contribution in [0.1, 0.15) is 39.0 Å². The Morgan fingerprint density at radius 2 is 1.79 bits per heavy atom. The van der Waals surface area contributed by atoms with Crippen LogP contribution >= 0.6 is 11.8 Å².